The largest absolute Gasteiger partial charge is 0.355 e. The first kappa shape index (κ1) is 24.8. The van der Waals surface area contributed by atoms with E-state index in [-0.39, 0.29) is 17.3 Å². The molecule has 0 aliphatic rings. The molecule has 2 aromatic rings. The summed E-state index contributed by atoms with van der Waals surface area (Å²) < 4.78 is 26.7. The molecule has 1 atom stereocenters. The number of rotatable bonds is 9. The van der Waals surface area contributed by atoms with Gasteiger partial charge in [-0.3, -0.25) is 9.59 Å². The van der Waals surface area contributed by atoms with Crippen molar-refractivity contribution in [2.24, 2.45) is 0 Å². The highest BCUT2D eigenvalue weighted by molar-refractivity contribution is 7.89. The fourth-order valence-corrected chi connectivity index (χ4v) is 4.31. The van der Waals surface area contributed by atoms with Crippen LogP contribution in [0.3, 0.4) is 0 Å². The third kappa shape index (κ3) is 6.53. The zero-order valence-corrected chi connectivity index (χ0v) is 19.7. The average molecular weight is 466 g/mol. The molecule has 0 aliphatic heterocycles. The van der Waals surface area contributed by atoms with Gasteiger partial charge in [-0.25, -0.2) is 8.42 Å². The van der Waals surface area contributed by atoms with Crippen molar-refractivity contribution in [1.29, 1.82) is 0 Å². The number of carbonyl (C=O) groups is 2. The topological polar surface area (TPSA) is 86.8 Å². The first-order valence-corrected chi connectivity index (χ1v) is 11.7. The van der Waals surface area contributed by atoms with Crippen molar-refractivity contribution in [2.75, 3.05) is 20.1 Å². The molecule has 0 heterocycles. The van der Waals surface area contributed by atoms with Crippen molar-refractivity contribution in [2.45, 2.75) is 38.3 Å². The van der Waals surface area contributed by atoms with Gasteiger partial charge in [-0.2, -0.15) is 4.31 Å². The summed E-state index contributed by atoms with van der Waals surface area (Å²) in [6.07, 6.45) is 0. The Hall–Kier alpha value is -2.42. The van der Waals surface area contributed by atoms with Crippen LogP contribution < -0.4 is 5.32 Å². The van der Waals surface area contributed by atoms with Crippen LogP contribution in [0.4, 0.5) is 0 Å². The molecule has 0 saturated carbocycles. The molecule has 0 saturated heterocycles. The maximum Gasteiger partial charge on any atom is 0.243 e. The average Bonchev–Trinajstić information content (AvgIpc) is 2.72. The van der Waals surface area contributed by atoms with Crippen LogP contribution in [0.25, 0.3) is 0 Å². The van der Waals surface area contributed by atoms with Crippen LogP contribution in [-0.2, 0) is 26.2 Å². The van der Waals surface area contributed by atoms with Gasteiger partial charge in [0.15, 0.2) is 0 Å². The van der Waals surface area contributed by atoms with Gasteiger partial charge in [0.2, 0.25) is 21.8 Å². The second kappa shape index (κ2) is 10.7. The first-order valence-electron chi connectivity index (χ1n) is 9.91. The maximum absolute atomic E-state index is 13.1. The molecule has 1 N–H and O–H groups in total. The van der Waals surface area contributed by atoms with Gasteiger partial charge in [-0.05, 0) is 50.6 Å². The fraction of sp³-hybridized carbons (Fsp3) is 0.364. The molecular weight excluding hydrogens is 438 g/mol. The quantitative estimate of drug-likeness (QED) is 0.617. The minimum atomic E-state index is -3.89. The lowest BCUT2D eigenvalue weighted by atomic mass is 10.1. The second-order valence-electron chi connectivity index (χ2n) is 7.30. The Balaban J connectivity index is 2.26. The number of hydrogen-bond acceptors (Lipinski definition) is 4. The molecular formula is C22H28ClN3O4S. The highest BCUT2D eigenvalue weighted by Crippen LogP contribution is 2.18. The van der Waals surface area contributed by atoms with Crippen LogP contribution in [0.1, 0.15) is 25.0 Å². The number of nitrogens with zero attached hydrogens (tertiary/aromatic N) is 2. The van der Waals surface area contributed by atoms with E-state index in [1.807, 2.05) is 31.2 Å². The predicted octanol–water partition coefficient (Wildman–Crippen LogP) is 2.82. The molecule has 0 aliphatic carbocycles. The van der Waals surface area contributed by atoms with Gasteiger partial charge in [0.05, 0.1) is 11.4 Å². The zero-order chi connectivity index (χ0) is 23.2. The summed E-state index contributed by atoms with van der Waals surface area (Å²) in [5.41, 5.74) is 1.88. The van der Waals surface area contributed by atoms with Gasteiger partial charge in [0, 0.05) is 25.2 Å². The molecule has 31 heavy (non-hydrogen) atoms. The zero-order valence-electron chi connectivity index (χ0n) is 18.1. The Kier molecular flexibility index (Phi) is 8.61. The first-order chi connectivity index (χ1) is 14.6. The standard InChI is InChI=1S/C22H28ClN3O4S/c1-5-24-22(28)17(3)26(14-18-8-6-7-16(2)13-18)21(27)15-25(4)31(29,30)20-11-9-19(23)10-12-20/h6-13,17H,5,14-15H2,1-4H3,(H,24,28). The number of halogens is 1. The lowest BCUT2D eigenvalue weighted by molar-refractivity contribution is -0.140. The van der Waals surface area contributed by atoms with Gasteiger partial charge >= 0.3 is 0 Å². The van der Waals surface area contributed by atoms with Gasteiger partial charge in [-0.1, -0.05) is 41.4 Å². The van der Waals surface area contributed by atoms with E-state index in [1.165, 1.54) is 36.2 Å². The highest BCUT2D eigenvalue weighted by atomic mass is 35.5. The summed E-state index contributed by atoms with van der Waals surface area (Å²) >= 11 is 5.84. The third-order valence-corrected chi connectivity index (χ3v) is 6.90. The smallest absolute Gasteiger partial charge is 0.243 e. The van der Waals surface area contributed by atoms with E-state index in [0.717, 1.165) is 15.4 Å². The van der Waals surface area contributed by atoms with Crippen LogP contribution in [0, 0.1) is 6.92 Å². The lowest BCUT2D eigenvalue weighted by Crippen LogP contribution is -2.50. The van der Waals surface area contributed by atoms with Crippen molar-refractivity contribution in [1.82, 2.24) is 14.5 Å². The van der Waals surface area contributed by atoms with E-state index >= 15 is 0 Å². The Morgan fingerprint density at radius 3 is 2.35 bits per heavy atom. The molecule has 0 aromatic heterocycles. The molecule has 2 amide bonds. The number of carbonyl (C=O) groups excluding carboxylic acids is 2. The molecule has 7 nitrogen and oxygen atoms in total. The summed E-state index contributed by atoms with van der Waals surface area (Å²) in [5.74, 6) is -0.771. The molecule has 2 aromatic carbocycles. The predicted molar refractivity (Wildman–Crippen MR) is 121 cm³/mol. The van der Waals surface area contributed by atoms with Crippen molar-refractivity contribution < 1.29 is 18.0 Å². The molecule has 1 unspecified atom stereocenters. The number of amides is 2. The van der Waals surface area contributed by atoms with Crippen LogP contribution in [0.5, 0.6) is 0 Å². The highest BCUT2D eigenvalue weighted by Gasteiger charge is 2.30. The minimum Gasteiger partial charge on any atom is -0.355 e. The second-order valence-corrected chi connectivity index (χ2v) is 9.78. The van der Waals surface area contributed by atoms with E-state index < -0.39 is 28.5 Å². The van der Waals surface area contributed by atoms with Gasteiger partial charge in [0.1, 0.15) is 6.04 Å². The number of benzene rings is 2. The van der Waals surface area contributed by atoms with Gasteiger partial charge in [0.25, 0.3) is 0 Å². The molecule has 0 fully saturated rings. The van der Waals surface area contributed by atoms with Crippen molar-refractivity contribution in [3.63, 3.8) is 0 Å². The fourth-order valence-electron chi connectivity index (χ4n) is 3.06. The maximum atomic E-state index is 13.1. The van der Waals surface area contributed by atoms with Crippen molar-refractivity contribution >= 4 is 33.4 Å². The molecule has 2 rings (SSSR count). The minimum absolute atomic E-state index is 0.0363. The molecule has 168 valence electrons. The number of likely N-dealkylation sites (N-methyl/N-ethyl adjacent to an activating group) is 2. The third-order valence-electron chi connectivity index (χ3n) is 4.83. The Morgan fingerprint density at radius 2 is 1.77 bits per heavy atom. The van der Waals surface area contributed by atoms with Crippen LogP contribution in [-0.4, -0.2) is 55.6 Å². The normalized spacial score (nSPS) is 12.5. The number of nitrogens with one attached hydrogen (secondary N) is 1. The molecule has 0 spiro atoms. The van der Waals surface area contributed by atoms with E-state index in [0.29, 0.717) is 11.6 Å². The summed E-state index contributed by atoms with van der Waals surface area (Å²) in [4.78, 5) is 27.0. The van der Waals surface area contributed by atoms with E-state index in [4.69, 9.17) is 11.6 Å². The Labute approximate surface area is 189 Å². The summed E-state index contributed by atoms with van der Waals surface area (Å²) in [6.45, 7) is 5.58. The number of aryl methyl sites for hydroxylation is 1. The number of hydrogen-bond donors (Lipinski definition) is 1. The van der Waals surface area contributed by atoms with Crippen molar-refractivity contribution in [3.05, 3.63) is 64.7 Å². The number of sulfonamides is 1. The van der Waals surface area contributed by atoms with E-state index in [1.54, 1.807) is 13.8 Å². The summed E-state index contributed by atoms with van der Waals surface area (Å²) in [7, 11) is -2.56. The lowest BCUT2D eigenvalue weighted by Gasteiger charge is -2.30. The monoisotopic (exact) mass is 465 g/mol. The van der Waals surface area contributed by atoms with E-state index in [2.05, 4.69) is 5.32 Å². The van der Waals surface area contributed by atoms with Gasteiger partial charge in [-0.15, -0.1) is 0 Å². The summed E-state index contributed by atoms with van der Waals surface area (Å²) in [6, 6.07) is 12.6. The molecule has 0 bridgehead atoms. The van der Waals surface area contributed by atoms with Crippen LogP contribution in [0.15, 0.2) is 53.4 Å². The van der Waals surface area contributed by atoms with Crippen LogP contribution >= 0.6 is 11.6 Å². The van der Waals surface area contributed by atoms with Crippen LogP contribution in [0.2, 0.25) is 5.02 Å². The molecule has 0 radical (unpaired) electrons. The Bertz CT molecular complexity index is 1030. The SMILES string of the molecule is CCNC(=O)C(C)N(Cc1cccc(C)c1)C(=O)CN(C)S(=O)(=O)c1ccc(Cl)cc1. The Morgan fingerprint density at radius 1 is 1.13 bits per heavy atom. The van der Waals surface area contributed by atoms with Crippen molar-refractivity contribution in [3.8, 4) is 0 Å². The summed E-state index contributed by atoms with van der Waals surface area (Å²) in [5, 5.41) is 3.13. The van der Waals surface area contributed by atoms with Gasteiger partial charge < -0.3 is 10.2 Å². The molecule has 9 heteroatoms. The van der Waals surface area contributed by atoms with E-state index in [9.17, 15) is 18.0 Å².